The molecule has 0 aromatic heterocycles. The van der Waals surface area contributed by atoms with Gasteiger partial charge in [-0.25, -0.2) is 4.79 Å². The first kappa shape index (κ1) is 18.4. The molecule has 3 N–H and O–H groups in total. The standard InChI is InChI=1S/C18H15ClN4O4/c1-10-15(17(24)21-13-5-7-14(8-6-13)23(26)27)16(22-18(25)20-10)11-3-2-4-12(19)9-11/h2-9,16H,1H3,(H,21,24)(H2,20,22,25). The summed E-state index contributed by atoms with van der Waals surface area (Å²) in [4.78, 5) is 34.9. The molecule has 0 fully saturated rings. The van der Waals surface area contributed by atoms with Gasteiger partial charge in [0.25, 0.3) is 11.6 Å². The normalized spacial score (nSPS) is 16.4. The number of benzene rings is 2. The number of hydrogen-bond acceptors (Lipinski definition) is 4. The number of amides is 3. The number of rotatable bonds is 4. The van der Waals surface area contributed by atoms with Gasteiger partial charge >= 0.3 is 6.03 Å². The molecular formula is C18H15ClN4O4. The summed E-state index contributed by atoms with van der Waals surface area (Å²) in [6.45, 7) is 1.63. The average molecular weight is 387 g/mol. The molecule has 0 saturated heterocycles. The molecule has 8 nitrogen and oxygen atoms in total. The van der Waals surface area contributed by atoms with Crippen LogP contribution in [-0.4, -0.2) is 16.9 Å². The van der Waals surface area contributed by atoms with Gasteiger partial charge in [-0.15, -0.1) is 0 Å². The molecule has 0 spiro atoms. The van der Waals surface area contributed by atoms with Crippen LogP contribution in [0.5, 0.6) is 0 Å². The van der Waals surface area contributed by atoms with Crippen molar-refractivity contribution in [1.29, 1.82) is 0 Å². The fourth-order valence-electron chi connectivity index (χ4n) is 2.80. The Hall–Kier alpha value is -3.39. The van der Waals surface area contributed by atoms with Crippen LogP contribution in [-0.2, 0) is 4.79 Å². The van der Waals surface area contributed by atoms with E-state index >= 15 is 0 Å². The minimum atomic E-state index is -0.685. The van der Waals surface area contributed by atoms with Crippen molar-refractivity contribution in [2.45, 2.75) is 13.0 Å². The lowest BCUT2D eigenvalue weighted by Crippen LogP contribution is -2.45. The summed E-state index contributed by atoms with van der Waals surface area (Å²) in [6, 6.07) is 11.2. The van der Waals surface area contributed by atoms with E-state index in [-0.39, 0.29) is 5.69 Å². The Kier molecular flexibility index (Phi) is 5.09. The van der Waals surface area contributed by atoms with E-state index in [2.05, 4.69) is 16.0 Å². The summed E-state index contributed by atoms with van der Waals surface area (Å²) in [7, 11) is 0. The molecule has 0 aliphatic carbocycles. The Morgan fingerprint density at radius 3 is 2.56 bits per heavy atom. The first-order valence-electron chi connectivity index (χ1n) is 7.94. The van der Waals surface area contributed by atoms with E-state index in [1.54, 1.807) is 31.2 Å². The molecule has 2 aromatic rings. The molecule has 1 atom stereocenters. The quantitative estimate of drug-likeness (QED) is 0.551. The molecular weight excluding hydrogens is 372 g/mol. The van der Waals surface area contributed by atoms with Crippen LogP contribution in [0, 0.1) is 10.1 Å². The zero-order valence-corrected chi connectivity index (χ0v) is 14.9. The van der Waals surface area contributed by atoms with Crippen molar-refractivity contribution in [2.75, 3.05) is 5.32 Å². The predicted octanol–water partition coefficient (Wildman–Crippen LogP) is 3.51. The Labute approximate surface area is 159 Å². The molecule has 1 aliphatic heterocycles. The molecule has 27 heavy (non-hydrogen) atoms. The molecule has 1 aliphatic rings. The highest BCUT2D eigenvalue weighted by molar-refractivity contribution is 6.30. The SMILES string of the molecule is CC1=C(C(=O)Nc2ccc([N+](=O)[O-])cc2)C(c2cccc(Cl)c2)NC(=O)N1. The third kappa shape index (κ3) is 4.06. The van der Waals surface area contributed by atoms with Crippen molar-refractivity contribution in [2.24, 2.45) is 0 Å². The van der Waals surface area contributed by atoms with Crippen LogP contribution >= 0.6 is 11.6 Å². The van der Waals surface area contributed by atoms with Crippen LogP contribution in [0.4, 0.5) is 16.2 Å². The second-order valence-corrected chi connectivity index (χ2v) is 6.32. The van der Waals surface area contributed by atoms with Gasteiger partial charge in [-0.1, -0.05) is 23.7 Å². The number of anilines is 1. The van der Waals surface area contributed by atoms with Crippen LogP contribution in [0.25, 0.3) is 0 Å². The van der Waals surface area contributed by atoms with Gasteiger partial charge in [0.2, 0.25) is 0 Å². The van der Waals surface area contributed by atoms with Crippen molar-refractivity contribution in [3.05, 3.63) is 80.5 Å². The summed E-state index contributed by atoms with van der Waals surface area (Å²) in [5.41, 5.74) is 1.70. The molecule has 0 bridgehead atoms. The fraction of sp³-hybridized carbons (Fsp3) is 0.111. The molecule has 3 amide bonds. The van der Waals surface area contributed by atoms with Gasteiger partial charge in [-0.05, 0) is 36.8 Å². The zero-order valence-electron chi connectivity index (χ0n) is 14.2. The maximum absolute atomic E-state index is 12.8. The maximum atomic E-state index is 12.8. The highest BCUT2D eigenvalue weighted by Crippen LogP contribution is 2.29. The maximum Gasteiger partial charge on any atom is 0.319 e. The first-order valence-corrected chi connectivity index (χ1v) is 8.32. The summed E-state index contributed by atoms with van der Waals surface area (Å²) in [5.74, 6) is -0.446. The lowest BCUT2D eigenvalue weighted by molar-refractivity contribution is -0.384. The van der Waals surface area contributed by atoms with Crippen LogP contribution in [0.3, 0.4) is 0 Å². The first-order chi connectivity index (χ1) is 12.8. The second-order valence-electron chi connectivity index (χ2n) is 5.88. The predicted molar refractivity (Wildman–Crippen MR) is 100 cm³/mol. The second kappa shape index (κ2) is 7.46. The van der Waals surface area contributed by atoms with Crippen molar-refractivity contribution < 1.29 is 14.5 Å². The topological polar surface area (TPSA) is 113 Å². The van der Waals surface area contributed by atoms with Gasteiger partial charge in [0.15, 0.2) is 0 Å². The van der Waals surface area contributed by atoms with Gasteiger partial charge in [0.1, 0.15) is 0 Å². The van der Waals surface area contributed by atoms with Crippen LogP contribution < -0.4 is 16.0 Å². The number of non-ortho nitro benzene ring substituents is 1. The molecule has 0 radical (unpaired) electrons. The number of urea groups is 1. The summed E-state index contributed by atoms with van der Waals surface area (Å²) < 4.78 is 0. The van der Waals surface area contributed by atoms with Crippen LogP contribution in [0.2, 0.25) is 5.02 Å². The van der Waals surface area contributed by atoms with E-state index in [1.807, 2.05) is 0 Å². The largest absolute Gasteiger partial charge is 0.327 e. The number of carbonyl (C=O) groups excluding carboxylic acids is 2. The molecule has 0 saturated carbocycles. The van der Waals surface area contributed by atoms with E-state index in [0.717, 1.165) is 0 Å². The highest BCUT2D eigenvalue weighted by atomic mass is 35.5. The highest BCUT2D eigenvalue weighted by Gasteiger charge is 2.31. The Morgan fingerprint density at radius 2 is 1.93 bits per heavy atom. The number of allylic oxidation sites excluding steroid dienone is 1. The van der Waals surface area contributed by atoms with E-state index in [4.69, 9.17) is 11.6 Å². The molecule has 1 heterocycles. The van der Waals surface area contributed by atoms with Gasteiger partial charge in [0.05, 0.1) is 16.5 Å². The number of halogens is 1. The summed E-state index contributed by atoms with van der Waals surface area (Å²) >= 11 is 6.03. The Balaban J connectivity index is 1.90. The van der Waals surface area contributed by atoms with Crippen molar-refractivity contribution in [3.8, 4) is 0 Å². The molecule has 9 heteroatoms. The Morgan fingerprint density at radius 1 is 1.22 bits per heavy atom. The van der Waals surface area contributed by atoms with Crippen molar-refractivity contribution in [1.82, 2.24) is 10.6 Å². The number of nitrogens with one attached hydrogen (secondary N) is 3. The van der Waals surface area contributed by atoms with Gasteiger partial charge < -0.3 is 16.0 Å². The number of carbonyl (C=O) groups is 2. The van der Waals surface area contributed by atoms with Gasteiger partial charge in [-0.3, -0.25) is 14.9 Å². The van der Waals surface area contributed by atoms with Crippen LogP contribution in [0.1, 0.15) is 18.5 Å². The molecule has 2 aromatic carbocycles. The van der Waals surface area contributed by atoms with E-state index < -0.39 is 22.9 Å². The third-order valence-corrected chi connectivity index (χ3v) is 4.27. The fourth-order valence-corrected chi connectivity index (χ4v) is 2.99. The number of hydrogen-bond donors (Lipinski definition) is 3. The summed E-state index contributed by atoms with van der Waals surface area (Å²) in [5, 5.41) is 19.2. The number of nitro groups is 1. The third-order valence-electron chi connectivity index (χ3n) is 4.03. The van der Waals surface area contributed by atoms with Gasteiger partial charge in [-0.2, -0.15) is 0 Å². The zero-order chi connectivity index (χ0) is 19.6. The molecule has 1 unspecified atom stereocenters. The van der Waals surface area contributed by atoms with E-state index in [1.165, 1.54) is 24.3 Å². The minimum Gasteiger partial charge on any atom is -0.327 e. The minimum absolute atomic E-state index is 0.0770. The lowest BCUT2D eigenvalue weighted by atomic mass is 9.95. The van der Waals surface area contributed by atoms with Gasteiger partial charge in [0, 0.05) is 28.5 Å². The lowest BCUT2D eigenvalue weighted by Gasteiger charge is -2.28. The van der Waals surface area contributed by atoms with Crippen molar-refractivity contribution >= 4 is 34.9 Å². The molecule has 138 valence electrons. The van der Waals surface area contributed by atoms with Crippen LogP contribution in [0.15, 0.2) is 59.8 Å². The average Bonchev–Trinajstić information content (AvgIpc) is 2.61. The summed E-state index contributed by atoms with van der Waals surface area (Å²) in [6.07, 6.45) is 0. The van der Waals surface area contributed by atoms with Crippen molar-refractivity contribution in [3.63, 3.8) is 0 Å². The monoisotopic (exact) mass is 386 g/mol. The Bertz CT molecular complexity index is 956. The van der Waals surface area contributed by atoms with E-state index in [9.17, 15) is 19.7 Å². The number of nitrogens with zero attached hydrogens (tertiary/aromatic N) is 1. The van der Waals surface area contributed by atoms with E-state index in [0.29, 0.717) is 27.5 Å². The number of nitro benzene ring substituents is 1. The smallest absolute Gasteiger partial charge is 0.319 e. The molecule has 3 rings (SSSR count).